The number of fused-ring (bicyclic) bond motifs is 1. The van der Waals surface area contributed by atoms with E-state index in [1.54, 1.807) is 30.1 Å². The van der Waals surface area contributed by atoms with Gasteiger partial charge in [0.15, 0.2) is 0 Å². The Labute approximate surface area is 131 Å². The molecule has 6 heteroatoms. The quantitative estimate of drug-likeness (QED) is 0.946. The van der Waals surface area contributed by atoms with Gasteiger partial charge < -0.3 is 10.2 Å². The van der Waals surface area contributed by atoms with Crippen molar-refractivity contribution in [1.29, 1.82) is 0 Å². The van der Waals surface area contributed by atoms with E-state index in [9.17, 15) is 18.4 Å². The van der Waals surface area contributed by atoms with E-state index in [2.05, 4.69) is 5.32 Å². The van der Waals surface area contributed by atoms with Gasteiger partial charge in [-0.05, 0) is 29.3 Å². The van der Waals surface area contributed by atoms with Crippen LogP contribution < -0.4 is 10.2 Å². The Hall–Kier alpha value is -2.76. The van der Waals surface area contributed by atoms with Gasteiger partial charge in [-0.25, -0.2) is 8.78 Å². The normalized spacial score (nSPS) is 13.2. The molecular formula is C17H14F2N2O2. The van der Waals surface area contributed by atoms with E-state index in [1.807, 2.05) is 0 Å². The number of hydrogen-bond acceptors (Lipinski definition) is 2. The molecule has 118 valence electrons. The van der Waals surface area contributed by atoms with Crippen LogP contribution in [0.3, 0.4) is 0 Å². The molecule has 2 amide bonds. The van der Waals surface area contributed by atoms with Gasteiger partial charge in [-0.2, -0.15) is 0 Å². The SMILES string of the molecule is CN1C(=O)Cc2cc(CC(=O)Nc3c(F)cccc3F)ccc21. The first-order chi connectivity index (χ1) is 11.0. The van der Waals surface area contributed by atoms with Crippen molar-refractivity contribution < 1.29 is 18.4 Å². The predicted octanol–water partition coefficient (Wildman–Crippen LogP) is 2.66. The van der Waals surface area contributed by atoms with Gasteiger partial charge in [-0.1, -0.05) is 18.2 Å². The van der Waals surface area contributed by atoms with Crippen LogP contribution >= 0.6 is 0 Å². The average Bonchev–Trinajstić information content (AvgIpc) is 2.78. The van der Waals surface area contributed by atoms with Gasteiger partial charge in [-0.3, -0.25) is 9.59 Å². The molecule has 3 rings (SSSR count). The molecule has 0 unspecified atom stereocenters. The lowest BCUT2D eigenvalue weighted by Gasteiger charge is -2.11. The van der Waals surface area contributed by atoms with Crippen molar-refractivity contribution in [2.75, 3.05) is 17.3 Å². The Morgan fingerprint density at radius 3 is 2.61 bits per heavy atom. The molecular weight excluding hydrogens is 302 g/mol. The second-order valence-corrected chi connectivity index (χ2v) is 5.41. The summed E-state index contributed by atoms with van der Waals surface area (Å²) in [5.74, 6) is -2.17. The Bertz CT molecular complexity index is 785. The minimum atomic E-state index is -0.820. The van der Waals surface area contributed by atoms with E-state index in [0.29, 0.717) is 12.0 Å². The fourth-order valence-electron chi connectivity index (χ4n) is 2.62. The monoisotopic (exact) mass is 316 g/mol. The minimum absolute atomic E-state index is 0.00460. The predicted molar refractivity (Wildman–Crippen MR) is 82.2 cm³/mol. The van der Waals surface area contributed by atoms with Crippen molar-refractivity contribution in [3.8, 4) is 0 Å². The number of halogens is 2. The molecule has 0 radical (unpaired) electrons. The molecule has 0 saturated heterocycles. The standard InChI is InChI=1S/C17H14F2N2O2/c1-21-14-6-5-10(7-11(14)9-16(21)23)8-15(22)20-17-12(18)3-2-4-13(17)19/h2-7H,8-9H2,1H3,(H,20,22). The highest BCUT2D eigenvalue weighted by Crippen LogP contribution is 2.28. The van der Waals surface area contributed by atoms with Crippen LogP contribution in [0.5, 0.6) is 0 Å². The molecule has 23 heavy (non-hydrogen) atoms. The number of nitrogens with one attached hydrogen (secondary N) is 1. The first kappa shape index (κ1) is 15.1. The molecule has 0 aromatic heterocycles. The lowest BCUT2D eigenvalue weighted by atomic mass is 10.1. The number of carbonyl (C=O) groups is 2. The maximum atomic E-state index is 13.5. The molecule has 2 aromatic carbocycles. The molecule has 1 aliphatic heterocycles. The highest BCUT2D eigenvalue weighted by atomic mass is 19.1. The van der Waals surface area contributed by atoms with Crippen LogP contribution in [-0.2, 0) is 22.4 Å². The Balaban J connectivity index is 1.74. The third-order valence-corrected chi connectivity index (χ3v) is 3.81. The van der Waals surface area contributed by atoms with Crippen LogP contribution in [-0.4, -0.2) is 18.9 Å². The maximum absolute atomic E-state index is 13.5. The largest absolute Gasteiger partial charge is 0.321 e. The summed E-state index contributed by atoms with van der Waals surface area (Å²) in [6.07, 6.45) is 0.266. The number of para-hydroxylation sites is 1. The van der Waals surface area contributed by atoms with E-state index in [1.165, 1.54) is 6.07 Å². The smallest absolute Gasteiger partial charge is 0.231 e. The number of nitrogens with zero attached hydrogens (tertiary/aromatic N) is 1. The summed E-state index contributed by atoms with van der Waals surface area (Å²) in [7, 11) is 1.70. The highest BCUT2D eigenvalue weighted by Gasteiger charge is 2.24. The van der Waals surface area contributed by atoms with Gasteiger partial charge in [0.1, 0.15) is 17.3 Å². The Morgan fingerprint density at radius 1 is 1.22 bits per heavy atom. The van der Waals surface area contributed by atoms with Crippen molar-refractivity contribution in [3.63, 3.8) is 0 Å². The summed E-state index contributed by atoms with van der Waals surface area (Å²) >= 11 is 0. The minimum Gasteiger partial charge on any atom is -0.321 e. The number of likely N-dealkylation sites (N-methyl/N-ethyl adjacent to an activating group) is 1. The molecule has 0 fully saturated rings. The topological polar surface area (TPSA) is 49.4 Å². The summed E-state index contributed by atoms with van der Waals surface area (Å²) in [6, 6.07) is 8.66. The third kappa shape index (κ3) is 2.92. The van der Waals surface area contributed by atoms with Crippen molar-refractivity contribution >= 4 is 23.2 Å². The molecule has 0 atom stereocenters. The first-order valence-corrected chi connectivity index (χ1v) is 7.08. The molecule has 0 bridgehead atoms. The lowest BCUT2D eigenvalue weighted by molar-refractivity contribution is -0.117. The van der Waals surface area contributed by atoms with E-state index >= 15 is 0 Å². The summed E-state index contributed by atoms with van der Waals surface area (Å²) in [4.78, 5) is 25.2. The van der Waals surface area contributed by atoms with Crippen LogP contribution in [0.25, 0.3) is 0 Å². The Morgan fingerprint density at radius 2 is 1.91 bits per heavy atom. The van der Waals surface area contributed by atoms with Gasteiger partial charge >= 0.3 is 0 Å². The van der Waals surface area contributed by atoms with Crippen molar-refractivity contribution in [2.45, 2.75) is 12.8 Å². The highest BCUT2D eigenvalue weighted by molar-refractivity contribution is 6.01. The zero-order valence-corrected chi connectivity index (χ0v) is 12.4. The number of rotatable bonds is 3. The summed E-state index contributed by atoms with van der Waals surface area (Å²) in [5, 5.41) is 2.25. The van der Waals surface area contributed by atoms with Gasteiger partial charge in [0.05, 0.1) is 12.8 Å². The summed E-state index contributed by atoms with van der Waals surface area (Å²) in [6.45, 7) is 0. The first-order valence-electron chi connectivity index (χ1n) is 7.08. The van der Waals surface area contributed by atoms with Crippen LogP contribution in [0, 0.1) is 11.6 Å². The molecule has 1 N–H and O–H groups in total. The molecule has 2 aromatic rings. The number of hydrogen-bond donors (Lipinski definition) is 1. The number of anilines is 2. The van der Waals surface area contributed by atoms with Gasteiger partial charge in [-0.15, -0.1) is 0 Å². The molecule has 0 spiro atoms. The van der Waals surface area contributed by atoms with E-state index < -0.39 is 23.2 Å². The molecule has 0 aliphatic carbocycles. The van der Waals surface area contributed by atoms with Crippen LogP contribution in [0.1, 0.15) is 11.1 Å². The summed E-state index contributed by atoms with van der Waals surface area (Å²) in [5.41, 5.74) is 1.90. The molecule has 0 saturated carbocycles. The zero-order valence-electron chi connectivity index (χ0n) is 12.4. The Kier molecular flexibility index (Phi) is 3.82. The second kappa shape index (κ2) is 5.79. The molecule has 1 heterocycles. The number of amides is 2. The number of benzene rings is 2. The number of carbonyl (C=O) groups excluding carboxylic acids is 2. The van der Waals surface area contributed by atoms with Crippen molar-refractivity contribution in [3.05, 3.63) is 59.2 Å². The second-order valence-electron chi connectivity index (χ2n) is 5.41. The van der Waals surface area contributed by atoms with Crippen LogP contribution in [0.2, 0.25) is 0 Å². The third-order valence-electron chi connectivity index (χ3n) is 3.81. The van der Waals surface area contributed by atoms with Crippen molar-refractivity contribution in [1.82, 2.24) is 0 Å². The van der Waals surface area contributed by atoms with Gasteiger partial charge in [0.2, 0.25) is 11.8 Å². The zero-order chi connectivity index (χ0) is 16.6. The van der Waals surface area contributed by atoms with Crippen LogP contribution in [0.4, 0.5) is 20.2 Å². The lowest BCUT2D eigenvalue weighted by Crippen LogP contribution is -2.20. The van der Waals surface area contributed by atoms with Gasteiger partial charge in [0, 0.05) is 12.7 Å². The summed E-state index contributed by atoms with van der Waals surface area (Å²) < 4.78 is 27.0. The van der Waals surface area contributed by atoms with E-state index in [-0.39, 0.29) is 12.3 Å². The van der Waals surface area contributed by atoms with Gasteiger partial charge in [0.25, 0.3) is 0 Å². The fourth-order valence-corrected chi connectivity index (χ4v) is 2.62. The fraction of sp³-hybridized carbons (Fsp3) is 0.176. The van der Waals surface area contributed by atoms with Crippen molar-refractivity contribution in [2.24, 2.45) is 0 Å². The average molecular weight is 316 g/mol. The maximum Gasteiger partial charge on any atom is 0.231 e. The van der Waals surface area contributed by atoms with Crippen LogP contribution in [0.15, 0.2) is 36.4 Å². The van der Waals surface area contributed by atoms with E-state index in [0.717, 1.165) is 23.4 Å². The van der Waals surface area contributed by atoms with E-state index in [4.69, 9.17) is 0 Å². The molecule has 1 aliphatic rings. The molecule has 4 nitrogen and oxygen atoms in total.